The van der Waals surface area contributed by atoms with Gasteiger partial charge in [-0.1, -0.05) is 6.07 Å². The fourth-order valence-electron chi connectivity index (χ4n) is 2.29. The first-order chi connectivity index (χ1) is 9.29. The van der Waals surface area contributed by atoms with Gasteiger partial charge in [0.2, 0.25) is 0 Å². The van der Waals surface area contributed by atoms with Crippen LogP contribution in [0.2, 0.25) is 0 Å². The molecule has 0 amide bonds. The summed E-state index contributed by atoms with van der Waals surface area (Å²) in [6, 6.07) is 6.70. The normalized spacial score (nSPS) is 15.1. The number of fused-ring (bicyclic) bond motifs is 1. The first kappa shape index (κ1) is 12.4. The van der Waals surface area contributed by atoms with E-state index in [4.69, 9.17) is 5.11 Å². The maximum Gasteiger partial charge on any atom is 0.152 e. The summed E-state index contributed by atoms with van der Waals surface area (Å²) in [5.74, 6) is 0.952. The van der Waals surface area contributed by atoms with Crippen LogP contribution in [0.15, 0.2) is 24.4 Å². The van der Waals surface area contributed by atoms with Crippen molar-refractivity contribution >= 4 is 11.5 Å². The van der Waals surface area contributed by atoms with Gasteiger partial charge >= 0.3 is 0 Å². The number of anilines is 1. The lowest BCUT2D eigenvalue weighted by atomic mass is 10.3. The summed E-state index contributed by atoms with van der Waals surface area (Å²) in [6.07, 6.45) is 4.60. The number of aliphatic hydroxyl groups excluding tert-OH is 1. The van der Waals surface area contributed by atoms with Gasteiger partial charge in [0.05, 0.1) is 12.3 Å². The molecule has 0 unspecified atom stereocenters. The third kappa shape index (κ3) is 2.57. The van der Waals surface area contributed by atoms with Crippen molar-refractivity contribution in [1.29, 1.82) is 0 Å². The Labute approximate surface area is 112 Å². The molecule has 3 rings (SSSR count). The number of pyridine rings is 1. The summed E-state index contributed by atoms with van der Waals surface area (Å²) < 4.78 is 2.12. The minimum Gasteiger partial charge on any atom is -0.395 e. The summed E-state index contributed by atoms with van der Waals surface area (Å²) >= 11 is 0. The molecule has 102 valence electrons. The standard InChI is InChI=1S/C14H20N4O/c1-17(8-9-19)14-12(10-15-11-5-6-11)18-7-3-2-4-13(18)16-14/h2-4,7,11,15,19H,5-6,8-10H2,1H3. The second-order valence-corrected chi connectivity index (χ2v) is 5.11. The number of nitrogens with zero attached hydrogens (tertiary/aromatic N) is 3. The molecule has 2 aromatic heterocycles. The van der Waals surface area contributed by atoms with E-state index in [2.05, 4.69) is 14.7 Å². The number of rotatable bonds is 6. The third-order valence-corrected chi connectivity index (χ3v) is 3.54. The lowest BCUT2D eigenvalue weighted by Gasteiger charge is -2.17. The molecule has 0 aromatic carbocycles. The van der Waals surface area contributed by atoms with Gasteiger partial charge in [0.1, 0.15) is 5.65 Å². The highest BCUT2D eigenvalue weighted by Gasteiger charge is 2.22. The molecule has 0 saturated heterocycles. The summed E-state index contributed by atoms with van der Waals surface area (Å²) in [6.45, 7) is 1.56. The van der Waals surface area contributed by atoms with Gasteiger partial charge in [-0.25, -0.2) is 4.98 Å². The van der Waals surface area contributed by atoms with E-state index in [1.807, 2.05) is 36.3 Å². The van der Waals surface area contributed by atoms with Crippen molar-refractivity contribution < 1.29 is 5.11 Å². The molecular formula is C14H20N4O. The van der Waals surface area contributed by atoms with Gasteiger partial charge in [-0.2, -0.15) is 0 Å². The molecule has 1 aliphatic rings. The van der Waals surface area contributed by atoms with Gasteiger partial charge in [0, 0.05) is 32.4 Å². The van der Waals surface area contributed by atoms with E-state index in [1.54, 1.807) is 0 Å². The Bertz CT molecular complexity index is 562. The van der Waals surface area contributed by atoms with Crippen LogP contribution in [0.25, 0.3) is 5.65 Å². The summed E-state index contributed by atoms with van der Waals surface area (Å²) in [5, 5.41) is 12.6. The highest BCUT2D eigenvalue weighted by molar-refractivity contribution is 5.55. The number of imidazole rings is 1. The number of hydrogen-bond acceptors (Lipinski definition) is 4. The molecule has 0 spiro atoms. The van der Waals surface area contributed by atoms with Crippen LogP contribution in [0.5, 0.6) is 0 Å². The van der Waals surface area contributed by atoms with Gasteiger partial charge in [0.25, 0.3) is 0 Å². The van der Waals surface area contributed by atoms with E-state index < -0.39 is 0 Å². The average Bonchev–Trinajstić information content (AvgIpc) is 3.17. The van der Waals surface area contributed by atoms with Crippen LogP contribution in [0.3, 0.4) is 0 Å². The number of aromatic nitrogens is 2. The van der Waals surface area contributed by atoms with Crippen LogP contribution >= 0.6 is 0 Å². The molecule has 5 heteroatoms. The molecule has 1 fully saturated rings. The second-order valence-electron chi connectivity index (χ2n) is 5.11. The van der Waals surface area contributed by atoms with Crippen LogP contribution in [0.4, 0.5) is 5.82 Å². The molecular weight excluding hydrogens is 240 g/mol. The molecule has 2 N–H and O–H groups in total. The van der Waals surface area contributed by atoms with Gasteiger partial charge < -0.3 is 19.7 Å². The fraction of sp³-hybridized carbons (Fsp3) is 0.500. The Morgan fingerprint density at radius 3 is 3.05 bits per heavy atom. The van der Waals surface area contributed by atoms with Gasteiger partial charge in [-0.3, -0.25) is 0 Å². The zero-order chi connectivity index (χ0) is 13.2. The van der Waals surface area contributed by atoms with Crippen LogP contribution in [0.1, 0.15) is 18.5 Å². The van der Waals surface area contributed by atoms with Gasteiger partial charge in [-0.05, 0) is 25.0 Å². The number of aliphatic hydroxyl groups is 1. The SMILES string of the molecule is CN(CCO)c1nc2ccccn2c1CNC1CC1. The molecule has 0 atom stereocenters. The molecule has 2 heterocycles. The lowest BCUT2D eigenvalue weighted by molar-refractivity contribution is 0.304. The highest BCUT2D eigenvalue weighted by atomic mass is 16.3. The van der Waals surface area contributed by atoms with E-state index in [0.29, 0.717) is 12.6 Å². The number of likely N-dealkylation sites (N-methyl/N-ethyl adjacent to an activating group) is 1. The summed E-state index contributed by atoms with van der Waals surface area (Å²) in [5.41, 5.74) is 2.12. The Balaban J connectivity index is 1.94. The zero-order valence-electron chi connectivity index (χ0n) is 11.2. The topological polar surface area (TPSA) is 52.8 Å². The zero-order valence-corrected chi connectivity index (χ0v) is 11.2. The molecule has 5 nitrogen and oxygen atoms in total. The van der Waals surface area contributed by atoms with Crippen molar-refractivity contribution in [2.75, 3.05) is 25.1 Å². The average molecular weight is 260 g/mol. The minimum absolute atomic E-state index is 0.139. The molecule has 1 aliphatic carbocycles. The highest BCUT2D eigenvalue weighted by Crippen LogP contribution is 2.23. The molecule has 1 saturated carbocycles. The van der Waals surface area contributed by atoms with E-state index >= 15 is 0 Å². The van der Waals surface area contributed by atoms with Gasteiger partial charge in [-0.15, -0.1) is 0 Å². The maximum absolute atomic E-state index is 9.10. The van der Waals surface area contributed by atoms with Crippen molar-refractivity contribution in [2.45, 2.75) is 25.4 Å². The number of nitrogens with one attached hydrogen (secondary N) is 1. The van der Waals surface area contributed by atoms with E-state index in [-0.39, 0.29) is 6.61 Å². The van der Waals surface area contributed by atoms with E-state index in [1.165, 1.54) is 18.5 Å². The lowest BCUT2D eigenvalue weighted by Crippen LogP contribution is -2.25. The largest absolute Gasteiger partial charge is 0.395 e. The van der Waals surface area contributed by atoms with Crippen LogP contribution < -0.4 is 10.2 Å². The Morgan fingerprint density at radius 1 is 1.47 bits per heavy atom. The van der Waals surface area contributed by atoms with E-state index in [0.717, 1.165) is 18.0 Å². The quantitative estimate of drug-likeness (QED) is 0.814. The molecule has 19 heavy (non-hydrogen) atoms. The van der Waals surface area contributed by atoms with Crippen LogP contribution in [-0.2, 0) is 6.54 Å². The van der Waals surface area contributed by atoms with Crippen LogP contribution in [-0.4, -0.2) is 40.7 Å². The minimum atomic E-state index is 0.139. The summed E-state index contributed by atoms with van der Waals surface area (Å²) in [7, 11) is 1.97. The monoisotopic (exact) mass is 260 g/mol. The molecule has 0 bridgehead atoms. The fourth-order valence-corrected chi connectivity index (χ4v) is 2.29. The van der Waals surface area contributed by atoms with Gasteiger partial charge in [0.15, 0.2) is 5.82 Å². The molecule has 2 aromatic rings. The van der Waals surface area contributed by atoms with Crippen molar-refractivity contribution in [1.82, 2.24) is 14.7 Å². The van der Waals surface area contributed by atoms with E-state index in [9.17, 15) is 0 Å². The first-order valence-electron chi connectivity index (χ1n) is 6.81. The Morgan fingerprint density at radius 2 is 2.32 bits per heavy atom. The van der Waals surface area contributed by atoms with Crippen molar-refractivity contribution in [3.8, 4) is 0 Å². The summed E-state index contributed by atoms with van der Waals surface area (Å²) in [4.78, 5) is 6.68. The molecule has 0 aliphatic heterocycles. The van der Waals surface area contributed by atoms with Crippen LogP contribution in [0, 0.1) is 0 Å². The maximum atomic E-state index is 9.10. The first-order valence-corrected chi connectivity index (χ1v) is 6.81. The number of hydrogen-bond donors (Lipinski definition) is 2. The van der Waals surface area contributed by atoms with Crippen molar-refractivity contribution in [3.05, 3.63) is 30.1 Å². The molecule has 0 radical (unpaired) electrons. The predicted octanol–water partition coefficient (Wildman–Crippen LogP) is 1.01. The van der Waals surface area contributed by atoms with Crippen molar-refractivity contribution in [2.24, 2.45) is 0 Å². The smallest absolute Gasteiger partial charge is 0.152 e. The van der Waals surface area contributed by atoms with Crippen molar-refractivity contribution in [3.63, 3.8) is 0 Å². The third-order valence-electron chi connectivity index (χ3n) is 3.54. The second kappa shape index (κ2) is 5.19. The Hall–Kier alpha value is -1.59. The predicted molar refractivity (Wildman–Crippen MR) is 75.4 cm³/mol. The Kier molecular flexibility index (Phi) is 3.40.